The van der Waals surface area contributed by atoms with Gasteiger partial charge in [0.1, 0.15) is 11.7 Å². The van der Waals surface area contributed by atoms with Gasteiger partial charge in [0, 0.05) is 6.54 Å². The summed E-state index contributed by atoms with van der Waals surface area (Å²) in [5.74, 6) is -0.690. The number of halogens is 1. The van der Waals surface area contributed by atoms with Crippen molar-refractivity contribution in [1.29, 1.82) is 0 Å². The molecule has 4 nitrogen and oxygen atoms in total. The molecule has 21 heavy (non-hydrogen) atoms. The number of amides is 2. The Balaban J connectivity index is 2.06. The largest absolute Gasteiger partial charge is 0.298 e. The maximum atomic E-state index is 13.3. The van der Waals surface area contributed by atoms with Crippen LogP contribution in [0.5, 0.6) is 0 Å². The Kier molecular flexibility index (Phi) is 5.22. The lowest BCUT2D eigenvalue weighted by Gasteiger charge is -2.27. The Morgan fingerprint density at radius 1 is 1.43 bits per heavy atom. The Morgan fingerprint density at radius 2 is 2.19 bits per heavy atom. The van der Waals surface area contributed by atoms with Gasteiger partial charge in [0.05, 0.1) is 0 Å². The molecule has 6 heteroatoms. The van der Waals surface area contributed by atoms with Crippen molar-refractivity contribution in [2.24, 2.45) is 5.92 Å². The zero-order chi connectivity index (χ0) is 15.4. The fourth-order valence-electron chi connectivity index (χ4n) is 2.65. The van der Waals surface area contributed by atoms with Crippen molar-refractivity contribution in [2.45, 2.75) is 38.8 Å². The molecule has 2 unspecified atom stereocenters. The third kappa shape index (κ3) is 3.75. The van der Waals surface area contributed by atoms with Crippen molar-refractivity contribution in [2.75, 3.05) is 6.54 Å². The van der Waals surface area contributed by atoms with E-state index in [9.17, 15) is 14.0 Å². The van der Waals surface area contributed by atoms with Crippen LogP contribution in [0.15, 0.2) is 23.8 Å². The molecule has 2 aliphatic rings. The summed E-state index contributed by atoms with van der Waals surface area (Å²) in [5, 5.41) is 2.63. The lowest BCUT2D eigenvalue weighted by molar-refractivity contribution is -0.128. The van der Waals surface area contributed by atoms with Gasteiger partial charge in [-0.2, -0.15) is 0 Å². The molecule has 0 radical (unpaired) electrons. The fraction of sp³-hybridized carbons (Fsp3) is 0.533. The number of nitrogens with one attached hydrogen (secondary N) is 1. The molecule has 1 saturated heterocycles. The molecule has 0 aromatic rings. The van der Waals surface area contributed by atoms with Crippen LogP contribution < -0.4 is 5.32 Å². The van der Waals surface area contributed by atoms with Gasteiger partial charge in [0.2, 0.25) is 0 Å². The number of carbonyl (C=O) groups excluding carboxylic acids is 2. The van der Waals surface area contributed by atoms with E-state index >= 15 is 0 Å². The molecule has 1 saturated carbocycles. The molecule has 2 fully saturated rings. The second kappa shape index (κ2) is 6.93. The smallest absolute Gasteiger partial charge is 0.265 e. The first kappa shape index (κ1) is 15.8. The molecular weight excluding hydrogens is 291 g/mol. The number of nitrogens with zero attached hydrogens (tertiary/aromatic N) is 1. The van der Waals surface area contributed by atoms with Gasteiger partial charge in [0.25, 0.3) is 11.8 Å². The SMILES string of the molecule is CCN1C(=O)/C(=C/C=C/C2CCCC(F)C2)C(=O)NC1=S. The number of hydrogen-bond acceptors (Lipinski definition) is 3. The number of allylic oxidation sites excluding steroid dienone is 3. The van der Waals surface area contributed by atoms with Gasteiger partial charge >= 0.3 is 0 Å². The predicted molar refractivity (Wildman–Crippen MR) is 82.2 cm³/mol. The van der Waals surface area contributed by atoms with Gasteiger partial charge < -0.3 is 0 Å². The van der Waals surface area contributed by atoms with E-state index in [0.717, 1.165) is 12.8 Å². The van der Waals surface area contributed by atoms with E-state index in [1.165, 1.54) is 11.0 Å². The minimum absolute atomic E-state index is 0.0642. The molecular formula is C15H19FN2O2S. The van der Waals surface area contributed by atoms with E-state index in [4.69, 9.17) is 12.2 Å². The zero-order valence-corrected chi connectivity index (χ0v) is 12.8. The van der Waals surface area contributed by atoms with Gasteiger partial charge in [-0.1, -0.05) is 12.2 Å². The highest BCUT2D eigenvalue weighted by molar-refractivity contribution is 7.80. The lowest BCUT2D eigenvalue weighted by Crippen LogP contribution is -2.53. The van der Waals surface area contributed by atoms with E-state index in [0.29, 0.717) is 19.4 Å². The lowest BCUT2D eigenvalue weighted by atomic mass is 9.88. The van der Waals surface area contributed by atoms with Crippen molar-refractivity contribution in [1.82, 2.24) is 10.2 Å². The van der Waals surface area contributed by atoms with Crippen molar-refractivity contribution in [3.8, 4) is 0 Å². The zero-order valence-electron chi connectivity index (χ0n) is 12.0. The van der Waals surface area contributed by atoms with Crippen molar-refractivity contribution in [3.63, 3.8) is 0 Å². The molecule has 2 rings (SSSR count). The van der Waals surface area contributed by atoms with E-state index < -0.39 is 12.1 Å². The summed E-state index contributed by atoms with van der Waals surface area (Å²) in [7, 11) is 0. The molecule has 0 aromatic heterocycles. The van der Waals surface area contributed by atoms with Gasteiger partial charge in [-0.05, 0) is 56.8 Å². The minimum Gasteiger partial charge on any atom is -0.298 e. The van der Waals surface area contributed by atoms with Crippen molar-refractivity contribution in [3.05, 3.63) is 23.8 Å². The molecule has 1 heterocycles. The molecule has 0 bridgehead atoms. The number of likely N-dealkylation sites (N-methyl/N-ethyl adjacent to an activating group) is 1. The van der Waals surface area contributed by atoms with Gasteiger partial charge in [-0.15, -0.1) is 0 Å². The summed E-state index contributed by atoms with van der Waals surface area (Å²) >= 11 is 4.95. The summed E-state index contributed by atoms with van der Waals surface area (Å²) in [6.07, 6.45) is 7.29. The quantitative estimate of drug-likeness (QED) is 0.494. The van der Waals surface area contributed by atoms with E-state index in [1.807, 2.05) is 6.08 Å². The molecule has 2 amide bonds. The number of rotatable bonds is 3. The van der Waals surface area contributed by atoms with Gasteiger partial charge in [0.15, 0.2) is 5.11 Å². The summed E-state index contributed by atoms with van der Waals surface area (Å²) in [6, 6.07) is 0. The second-order valence-electron chi connectivity index (χ2n) is 5.30. The minimum atomic E-state index is -0.742. The molecule has 0 aromatic carbocycles. The molecule has 1 aliphatic heterocycles. The number of thiocarbonyl (C=S) groups is 1. The van der Waals surface area contributed by atoms with Crippen LogP contribution in [0.1, 0.15) is 32.6 Å². The summed E-state index contributed by atoms with van der Waals surface area (Å²) in [6.45, 7) is 2.20. The standard InChI is InChI=1S/C15H19FN2O2S/c1-2-18-14(20)12(13(19)17-15(18)21)8-4-6-10-5-3-7-11(16)9-10/h4,6,8,10-11H,2-3,5,7,9H2,1H3,(H,17,19,21)/b6-4+,12-8+. The van der Waals surface area contributed by atoms with E-state index in [-0.39, 0.29) is 22.5 Å². The Labute approximate surface area is 129 Å². The van der Waals surface area contributed by atoms with Crippen LogP contribution in [0.25, 0.3) is 0 Å². The molecule has 0 spiro atoms. The Hall–Kier alpha value is -1.56. The first-order chi connectivity index (χ1) is 10.0. The monoisotopic (exact) mass is 310 g/mol. The molecule has 114 valence electrons. The first-order valence-corrected chi connectivity index (χ1v) is 7.63. The van der Waals surface area contributed by atoms with Crippen molar-refractivity contribution < 1.29 is 14.0 Å². The highest BCUT2D eigenvalue weighted by Gasteiger charge is 2.31. The van der Waals surface area contributed by atoms with E-state index in [2.05, 4.69) is 5.32 Å². The molecule has 1 N–H and O–H groups in total. The third-order valence-corrected chi connectivity index (χ3v) is 4.12. The maximum Gasteiger partial charge on any atom is 0.265 e. The topological polar surface area (TPSA) is 49.4 Å². The average molecular weight is 310 g/mol. The van der Waals surface area contributed by atoms with Crippen LogP contribution in [0, 0.1) is 5.92 Å². The Morgan fingerprint density at radius 3 is 2.86 bits per heavy atom. The normalized spacial score (nSPS) is 29.3. The summed E-state index contributed by atoms with van der Waals surface area (Å²) in [4.78, 5) is 25.3. The van der Waals surface area contributed by atoms with Gasteiger partial charge in [-0.3, -0.25) is 19.8 Å². The van der Waals surface area contributed by atoms with Gasteiger partial charge in [-0.25, -0.2) is 4.39 Å². The second-order valence-corrected chi connectivity index (χ2v) is 5.68. The van der Waals surface area contributed by atoms with Crippen LogP contribution in [0.3, 0.4) is 0 Å². The van der Waals surface area contributed by atoms with Crippen LogP contribution >= 0.6 is 12.2 Å². The number of carbonyl (C=O) groups is 2. The van der Waals surface area contributed by atoms with Crippen molar-refractivity contribution >= 4 is 29.1 Å². The summed E-state index contributed by atoms with van der Waals surface area (Å²) < 4.78 is 13.3. The van der Waals surface area contributed by atoms with Crippen LogP contribution in [-0.2, 0) is 9.59 Å². The Bertz CT molecular complexity index is 516. The number of hydrogen-bond donors (Lipinski definition) is 1. The van der Waals surface area contributed by atoms with Crippen LogP contribution in [-0.4, -0.2) is 34.5 Å². The highest BCUT2D eigenvalue weighted by atomic mass is 32.1. The average Bonchev–Trinajstić information content (AvgIpc) is 2.43. The van der Waals surface area contributed by atoms with Crippen LogP contribution in [0.4, 0.5) is 4.39 Å². The predicted octanol–water partition coefficient (Wildman–Crippen LogP) is 2.26. The third-order valence-electron chi connectivity index (χ3n) is 3.80. The number of alkyl halides is 1. The fourth-order valence-corrected chi connectivity index (χ4v) is 2.96. The first-order valence-electron chi connectivity index (χ1n) is 7.22. The summed E-state index contributed by atoms with van der Waals surface area (Å²) in [5.41, 5.74) is 0.0642. The maximum absolute atomic E-state index is 13.3. The highest BCUT2D eigenvalue weighted by Crippen LogP contribution is 2.27. The van der Waals surface area contributed by atoms with E-state index in [1.54, 1.807) is 13.0 Å². The molecule has 1 aliphatic carbocycles. The molecule has 2 atom stereocenters. The van der Waals surface area contributed by atoms with Crippen LogP contribution in [0.2, 0.25) is 0 Å².